The van der Waals surface area contributed by atoms with E-state index < -0.39 is 52.6 Å². The molecule has 264 valence electrons. The molecule has 2 aliphatic heterocycles. The van der Waals surface area contributed by atoms with Crippen molar-refractivity contribution in [2.45, 2.75) is 30.7 Å². The van der Waals surface area contributed by atoms with Crippen molar-refractivity contribution in [1.29, 1.82) is 0 Å². The highest BCUT2D eigenvalue weighted by Crippen LogP contribution is 2.65. The molecule has 6 atom stereocenters. The molecule has 53 heavy (non-hydrogen) atoms. The second-order valence-electron chi connectivity index (χ2n) is 14.3. The van der Waals surface area contributed by atoms with E-state index in [0.29, 0.717) is 27.2 Å². The lowest BCUT2D eigenvalue weighted by Gasteiger charge is -2.51. The molecule has 2 aliphatic carbocycles. The molecule has 0 bridgehead atoms. The number of fused-ring (bicyclic) bond motifs is 5. The van der Waals surface area contributed by atoms with E-state index in [4.69, 9.17) is 11.6 Å². The number of phenols is 1. The fraction of sp³-hybridized carbons (Fsp3) is 0.209. The van der Waals surface area contributed by atoms with Crippen LogP contribution in [0.25, 0.3) is 10.8 Å². The Morgan fingerprint density at radius 2 is 1.51 bits per heavy atom. The fourth-order valence-corrected chi connectivity index (χ4v) is 9.67. The number of halogens is 2. The normalized spacial score (nSPS) is 26.4. The molecular weight excluding hydrogens is 693 g/mol. The van der Waals surface area contributed by atoms with Crippen LogP contribution in [0.2, 0.25) is 5.02 Å². The van der Waals surface area contributed by atoms with E-state index in [1.807, 2.05) is 60.7 Å². The number of amides is 4. The number of phenolic OH excluding ortho intramolecular Hbond substituents is 1. The number of carbonyl (C=O) groups is 4. The minimum atomic E-state index is -1.61. The molecule has 1 saturated carbocycles. The number of likely N-dealkylation sites (tertiary alicyclic amines) is 1. The first kappa shape index (κ1) is 33.1. The third-order valence-electron chi connectivity index (χ3n) is 11.8. The third kappa shape index (κ3) is 4.94. The summed E-state index contributed by atoms with van der Waals surface area (Å²) in [6.45, 7) is 0.131. The molecule has 0 radical (unpaired) electrons. The van der Waals surface area contributed by atoms with Crippen LogP contribution < -0.4 is 5.43 Å². The molecule has 2 saturated heterocycles. The zero-order valence-electron chi connectivity index (χ0n) is 28.3. The summed E-state index contributed by atoms with van der Waals surface area (Å²) in [6.07, 6.45) is 2.33. The van der Waals surface area contributed by atoms with Crippen LogP contribution >= 0.6 is 11.6 Å². The molecule has 10 heteroatoms. The maximum Gasteiger partial charge on any atom is 0.260 e. The molecule has 5 aromatic carbocycles. The summed E-state index contributed by atoms with van der Waals surface area (Å²) in [5, 5.41) is 14.9. The average Bonchev–Trinajstić information content (AvgIpc) is 3.54. The number of nitrogens with one attached hydrogen (secondary N) is 1. The van der Waals surface area contributed by atoms with Crippen molar-refractivity contribution in [3.8, 4) is 5.75 Å². The lowest BCUT2D eigenvalue weighted by atomic mass is 9.48. The Balaban J connectivity index is 1.27. The number of carbonyl (C=O) groups excluding carboxylic acids is 4. The minimum absolute atomic E-state index is 0.0609. The topological polar surface area (TPSA) is 107 Å². The summed E-state index contributed by atoms with van der Waals surface area (Å²) >= 11 is 6.40. The summed E-state index contributed by atoms with van der Waals surface area (Å²) in [7, 11) is 0. The summed E-state index contributed by atoms with van der Waals surface area (Å²) in [6, 6.07) is 32.5. The van der Waals surface area contributed by atoms with E-state index in [9.17, 15) is 23.9 Å². The van der Waals surface area contributed by atoms with Gasteiger partial charge in [0.1, 0.15) is 11.6 Å². The Labute approximate surface area is 309 Å². The van der Waals surface area contributed by atoms with Crippen LogP contribution in [0, 0.1) is 29.5 Å². The second kappa shape index (κ2) is 12.4. The highest BCUT2D eigenvalue weighted by molar-refractivity contribution is 6.30. The van der Waals surface area contributed by atoms with Gasteiger partial charge in [0, 0.05) is 16.5 Å². The minimum Gasteiger partial charge on any atom is -0.508 e. The molecule has 8 nitrogen and oxygen atoms in total. The van der Waals surface area contributed by atoms with E-state index in [0.717, 1.165) is 21.5 Å². The van der Waals surface area contributed by atoms with Crippen molar-refractivity contribution in [3.05, 3.63) is 154 Å². The van der Waals surface area contributed by atoms with Crippen LogP contribution in [-0.2, 0) is 31.1 Å². The van der Waals surface area contributed by atoms with Crippen LogP contribution in [0.5, 0.6) is 5.75 Å². The Bertz CT molecular complexity index is 2370. The van der Waals surface area contributed by atoms with Gasteiger partial charge in [0.15, 0.2) is 0 Å². The molecular formula is C43H33ClFN3O5. The number of allylic oxidation sites excluding steroid dienone is 2. The SMILES string of the molecule is O=C1C2CC=C3C(CC4C(=O)N(Nc5ccc(F)cc5)C(=O)C4(c4ccc(Cl)cc4)C3c3c(O)ccc4ccccc34)C2C(=O)N1Cc1ccccc1. The van der Waals surface area contributed by atoms with Crippen LogP contribution in [0.1, 0.15) is 35.4 Å². The van der Waals surface area contributed by atoms with Crippen molar-refractivity contribution in [3.63, 3.8) is 0 Å². The monoisotopic (exact) mass is 725 g/mol. The smallest absolute Gasteiger partial charge is 0.260 e. The molecule has 6 unspecified atom stereocenters. The molecule has 4 aliphatic rings. The van der Waals surface area contributed by atoms with Crippen LogP contribution in [-0.4, -0.2) is 38.6 Å². The van der Waals surface area contributed by atoms with Crippen molar-refractivity contribution in [2.24, 2.45) is 23.7 Å². The van der Waals surface area contributed by atoms with E-state index in [1.165, 1.54) is 29.2 Å². The zero-order chi connectivity index (χ0) is 36.6. The Hall–Kier alpha value is -5.80. The quantitative estimate of drug-likeness (QED) is 0.139. The zero-order valence-corrected chi connectivity index (χ0v) is 29.0. The molecule has 5 aromatic rings. The summed E-state index contributed by atoms with van der Waals surface area (Å²) < 4.78 is 13.9. The van der Waals surface area contributed by atoms with Crippen LogP contribution in [0.4, 0.5) is 10.1 Å². The maximum atomic E-state index is 15.4. The van der Waals surface area contributed by atoms with Crippen molar-refractivity contribution in [2.75, 3.05) is 5.43 Å². The number of hydrazine groups is 1. The van der Waals surface area contributed by atoms with Gasteiger partial charge in [0.05, 0.1) is 35.4 Å². The van der Waals surface area contributed by atoms with Gasteiger partial charge in [0.25, 0.3) is 11.8 Å². The molecule has 0 spiro atoms. The average molecular weight is 726 g/mol. The lowest BCUT2D eigenvalue weighted by Crippen LogP contribution is -2.53. The second-order valence-corrected chi connectivity index (χ2v) is 14.8. The molecule has 3 fully saturated rings. The van der Waals surface area contributed by atoms with Crippen molar-refractivity contribution < 1.29 is 28.7 Å². The van der Waals surface area contributed by atoms with Gasteiger partial charge in [-0.3, -0.25) is 29.5 Å². The highest BCUT2D eigenvalue weighted by atomic mass is 35.5. The van der Waals surface area contributed by atoms with E-state index in [2.05, 4.69) is 5.43 Å². The largest absolute Gasteiger partial charge is 0.508 e. The Kier molecular flexibility index (Phi) is 7.74. The van der Waals surface area contributed by atoms with Crippen LogP contribution in [0.15, 0.2) is 127 Å². The summed E-state index contributed by atoms with van der Waals surface area (Å²) in [5.41, 5.74) is 4.21. The molecule has 2 heterocycles. The summed E-state index contributed by atoms with van der Waals surface area (Å²) in [4.78, 5) is 60.2. The first-order valence-corrected chi connectivity index (χ1v) is 18.0. The molecule has 2 N–H and O–H groups in total. The van der Waals surface area contributed by atoms with E-state index in [-0.39, 0.29) is 37.0 Å². The van der Waals surface area contributed by atoms with Gasteiger partial charge in [-0.2, -0.15) is 5.01 Å². The van der Waals surface area contributed by atoms with E-state index >= 15 is 4.79 Å². The summed E-state index contributed by atoms with van der Waals surface area (Å²) in [5.74, 6) is -6.14. The highest BCUT2D eigenvalue weighted by Gasteiger charge is 2.70. The fourth-order valence-electron chi connectivity index (χ4n) is 9.54. The molecule has 4 amide bonds. The number of aromatic hydroxyl groups is 1. The maximum absolute atomic E-state index is 15.4. The van der Waals surface area contributed by atoms with Gasteiger partial charge in [-0.15, -0.1) is 0 Å². The van der Waals surface area contributed by atoms with Gasteiger partial charge in [-0.05, 0) is 83.1 Å². The van der Waals surface area contributed by atoms with Gasteiger partial charge in [0.2, 0.25) is 11.8 Å². The molecule has 0 aromatic heterocycles. The number of benzene rings is 5. The first-order valence-electron chi connectivity index (χ1n) is 17.6. The number of anilines is 1. The van der Waals surface area contributed by atoms with Gasteiger partial charge >= 0.3 is 0 Å². The van der Waals surface area contributed by atoms with Gasteiger partial charge in [-0.1, -0.05) is 96.0 Å². The number of imide groups is 2. The Morgan fingerprint density at radius 1 is 0.792 bits per heavy atom. The Morgan fingerprint density at radius 3 is 2.26 bits per heavy atom. The standard InChI is InChI=1S/C43H33ClFN3O5/c44-27-13-11-26(12-14-27)43-34(40(51)48(42(43)53)46-29-17-15-28(45)16-18-29)22-33-31(38(43)37-30-9-5-4-8-25(30)10-21-35(37)49)19-20-32-36(33)41(52)47(39(32)50)23-24-6-2-1-3-7-24/h1-19,21,32-34,36,38,46,49H,20,22-23H2. The van der Waals surface area contributed by atoms with Crippen LogP contribution in [0.3, 0.4) is 0 Å². The van der Waals surface area contributed by atoms with Crippen molar-refractivity contribution in [1.82, 2.24) is 9.91 Å². The third-order valence-corrected chi connectivity index (χ3v) is 12.0. The van der Waals surface area contributed by atoms with Crippen molar-refractivity contribution >= 4 is 51.7 Å². The number of nitrogens with zero attached hydrogens (tertiary/aromatic N) is 2. The number of hydrogen-bond acceptors (Lipinski definition) is 6. The predicted molar refractivity (Wildman–Crippen MR) is 197 cm³/mol. The van der Waals surface area contributed by atoms with E-state index in [1.54, 1.807) is 36.4 Å². The van der Waals surface area contributed by atoms with Gasteiger partial charge in [-0.25, -0.2) is 4.39 Å². The van der Waals surface area contributed by atoms with Gasteiger partial charge < -0.3 is 5.11 Å². The number of hydrogen-bond donors (Lipinski definition) is 2. The predicted octanol–water partition coefficient (Wildman–Crippen LogP) is 7.52. The number of rotatable bonds is 6. The lowest BCUT2D eigenvalue weighted by molar-refractivity contribution is -0.142. The molecule has 9 rings (SSSR count). The first-order chi connectivity index (χ1) is 25.7.